The topological polar surface area (TPSA) is 84.5 Å². The fourth-order valence-corrected chi connectivity index (χ4v) is 3.66. The van der Waals surface area contributed by atoms with Crippen LogP contribution in [0.3, 0.4) is 0 Å². The van der Waals surface area contributed by atoms with E-state index in [1.54, 1.807) is 12.1 Å². The summed E-state index contributed by atoms with van der Waals surface area (Å²) < 4.78 is 32.9. The second-order valence-electron chi connectivity index (χ2n) is 6.59. The number of rotatable bonds is 7. The van der Waals surface area contributed by atoms with Gasteiger partial charge in [0.25, 0.3) is 15.9 Å². The minimum Gasteiger partial charge on any atom is -0.484 e. The molecule has 29 heavy (non-hydrogen) atoms. The number of amides is 1. The molecule has 1 amide bonds. The highest BCUT2D eigenvalue weighted by Crippen LogP contribution is 2.20. The van der Waals surface area contributed by atoms with Crippen LogP contribution in [0.15, 0.2) is 77.7 Å². The van der Waals surface area contributed by atoms with Crippen molar-refractivity contribution in [3.8, 4) is 5.75 Å². The van der Waals surface area contributed by atoms with E-state index >= 15 is 0 Å². The first kappa shape index (κ1) is 20.4. The maximum atomic E-state index is 12.5. The van der Waals surface area contributed by atoms with Crippen LogP contribution in [0.4, 0.5) is 11.4 Å². The zero-order valence-electron chi connectivity index (χ0n) is 16.2. The molecule has 150 valence electrons. The van der Waals surface area contributed by atoms with Crippen LogP contribution in [0.2, 0.25) is 0 Å². The van der Waals surface area contributed by atoms with E-state index < -0.39 is 10.0 Å². The fourth-order valence-electron chi connectivity index (χ4n) is 2.60. The van der Waals surface area contributed by atoms with Gasteiger partial charge in [0.2, 0.25) is 0 Å². The van der Waals surface area contributed by atoms with Crippen LogP contribution in [0, 0.1) is 13.8 Å². The van der Waals surface area contributed by atoms with Gasteiger partial charge in [0.05, 0.1) is 4.90 Å². The average Bonchev–Trinajstić information content (AvgIpc) is 2.70. The molecule has 0 heterocycles. The van der Waals surface area contributed by atoms with Crippen LogP contribution in [0.25, 0.3) is 0 Å². The molecular formula is C22H22N2O4S. The number of aryl methyl sites for hydroxylation is 2. The Kier molecular flexibility index (Phi) is 6.19. The van der Waals surface area contributed by atoms with E-state index in [-0.39, 0.29) is 17.4 Å². The molecule has 0 spiro atoms. The van der Waals surface area contributed by atoms with Gasteiger partial charge in [-0.05, 0) is 61.9 Å². The molecule has 0 radical (unpaired) electrons. The highest BCUT2D eigenvalue weighted by molar-refractivity contribution is 7.92. The SMILES string of the molecule is Cc1ccc(NS(=O)(=O)c2ccc(OCC(=O)Nc3ccccc3C)cc2)cc1. The lowest BCUT2D eigenvalue weighted by atomic mass is 10.2. The maximum absolute atomic E-state index is 12.5. The maximum Gasteiger partial charge on any atom is 0.262 e. The van der Waals surface area contributed by atoms with Gasteiger partial charge in [-0.1, -0.05) is 35.9 Å². The number of para-hydroxylation sites is 1. The summed E-state index contributed by atoms with van der Waals surface area (Å²) in [6.45, 7) is 3.65. The average molecular weight is 410 g/mol. The van der Waals surface area contributed by atoms with Crippen LogP contribution in [-0.2, 0) is 14.8 Å². The Hall–Kier alpha value is -3.32. The second kappa shape index (κ2) is 8.79. The molecule has 7 heteroatoms. The van der Waals surface area contributed by atoms with Gasteiger partial charge >= 0.3 is 0 Å². The number of carbonyl (C=O) groups excluding carboxylic acids is 1. The lowest BCUT2D eigenvalue weighted by molar-refractivity contribution is -0.118. The molecule has 3 aromatic carbocycles. The monoisotopic (exact) mass is 410 g/mol. The van der Waals surface area contributed by atoms with Crippen LogP contribution in [0.5, 0.6) is 5.75 Å². The van der Waals surface area contributed by atoms with Crippen molar-refractivity contribution in [1.29, 1.82) is 0 Å². The zero-order chi connectivity index (χ0) is 20.9. The normalized spacial score (nSPS) is 11.0. The molecular weight excluding hydrogens is 388 g/mol. The molecule has 2 N–H and O–H groups in total. The van der Waals surface area contributed by atoms with Gasteiger partial charge in [-0.15, -0.1) is 0 Å². The van der Waals surface area contributed by atoms with Crippen molar-refractivity contribution in [2.24, 2.45) is 0 Å². The van der Waals surface area contributed by atoms with Gasteiger partial charge < -0.3 is 10.1 Å². The number of benzene rings is 3. The van der Waals surface area contributed by atoms with Crippen LogP contribution in [-0.4, -0.2) is 20.9 Å². The summed E-state index contributed by atoms with van der Waals surface area (Å²) in [5.74, 6) is 0.108. The Morgan fingerprint density at radius 3 is 2.21 bits per heavy atom. The Labute approximate surface area is 170 Å². The first-order valence-electron chi connectivity index (χ1n) is 9.01. The van der Waals surface area contributed by atoms with Gasteiger partial charge in [-0.25, -0.2) is 8.42 Å². The van der Waals surface area contributed by atoms with E-state index in [0.717, 1.165) is 16.8 Å². The van der Waals surface area contributed by atoms with Crippen molar-refractivity contribution >= 4 is 27.3 Å². The fraction of sp³-hybridized carbons (Fsp3) is 0.136. The number of sulfonamides is 1. The largest absolute Gasteiger partial charge is 0.484 e. The summed E-state index contributed by atoms with van der Waals surface area (Å²) in [6, 6.07) is 20.4. The summed E-state index contributed by atoms with van der Waals surface area (Å²) >= 11 is 0. The molecule has 0 aromatic heterocycles. The highest BCUT2D eigenvalue weighted by Gasteiger charge is 2.14. The molecule has 6 nitrogen and oxygen atoms in total. The molecule has 0 aliphatic rings. The molecule has 0 saturated carbocycles. The molecule has 0 fully saturated rings. The predicted octanol–water partition coefficient (Wildman–Crippen LogP) is 4.12. The van der Waals surface area contributed by atoms with E-state index in [1.807, 2.05) is 50.2 Å². The first-order chi connectivity index (χ1) is 13.8. The Balaban J connectivity index is 1.58. The molecule has 3 rings (SSSR count). The molecule has 0 bridgehead atoms. The van der Waals surface area contributed by atoms with Gasteiger partial charge in [-0.2, -0.15) is 0 Å². The molecule has 0 aliphatic heterocycles. The van der Waals surface area contributed by atoms with E-state index in [9.17, 15) is 13.2 Å². The van der Waals surface area contributed by atoms with Crippen molar-refractivity contribution in [3.63, 3.8) is 0 Å². The number of hydrogen-bond acceptors (Lipinski definition) is 4. The summed E-state index contributed by atoms with van der Waals surface area (Å²) in [4.78, 5) is 12.2. The summed E-state index contributed by atoms with van der Waals surface area (Å²) in [6.07, 6.45) is 0. The van der Waals surface area contributed by atoms with Crippen molar-refractivity contribution in [2.75, 3.05) is 16.6 Å². The first-order valence-corrected chi connectivity index (χ1v) is 10.5. The van der Waals surface area contributed by atoms with E-state index in [2.05, 4.69) is 10.0 Å². The van der Waals surface area contributed by atoms with Crippen molar-refractivity contribution in [2.45, 2.75) is 18.7 Å². The smallest absolute Gasteiger partial charge is 0.262 e. The summed E-state index contributed by atoms with van der Waals surface area (Å²) in [5, 5.41) is 2.78. The van der Waals surface area contributed by atoms with E-state index in [0.29, 0.717) is 11.4 Å². The summed E-state index contributed by atoms with van der Waals surface area (Å²) in [7, 11) is -3.70. The van der Waals surface area contributed by atoms with Crippen LogP contribution < -0.4 is 14.8 Å². The van der Waals surface area contributed by atoms with Crippen LogP contribution >= 0.6 is 0 Å². The Morgan fingerprint density at radius 1 is 0.897 bits per heavy atom. The van der Waals surface area contributed by atoms with Gasteiger partial charge in [-0.3, -0.25) is 9.52 Å². The Morgan fingerprint density at radius 2 is 1.55 bits per heavy atom. The zero-order valence-corrected chi connectivity index (χ0v) is 17.0. The number of carbonyl (C=O) groups is 1. The number of ether oxygens (including phenoxy) is 1. The third-order valence-corrected chi connectivity index (χ3v) is 5.62. The molecule has 0 unspecified atom stereocenters. The molecule has 0 atom stereocenters. The van der Waals surface area contributed by atoms with Gasteiger partial charge in [0, 0.05) is 11.4 Å². The molecule has 0 aliphatic carbocycles. The minimum absolute atomic E-state index is 0.106. The highest BCUT2D eigenvalue weighted by atomic mass is 32.2. The summed E-state index contributed by atoms with van der Waals surface area (Å²) in [5.41, 5.74) is 3.21. The lowest BCUT2D eigenvalue weighted by Gasteiger charge is -2.11. The molecule has 3 aromatic rings. The number of anilines is 2. The van der Waals surface area contributed by atoms with E-state index in [4.69, 9.17) is 4.74 Å². The minimum atomic E-state index is -3.70. The van der Waals surface area contributed by atoms with Gasteiger partial charge in [0.1, 0.15) is 5.75 Å². The number of nitrogens with one attached hydrogen (secondary N) is 2. The second-order valence-corrected chi connectivity index (χ2v) is 8.28. The van der Waals surface area contributed by atoms with Crippen molar-refractivity contribution in [1.82, 2.24) is 0 Å². The Bertz CT molecular complexity index is 1090. The number of hydrogen-bond donors (Lipinski definition) is 2. The van der Waals surface area contributed by atoms with Crippen molar-refractivity contribution in [3.05, 3.63) is 83.9 Å². The third kappa shape index (κ3) is 5.58. The van der Waals surface area contributed by atoms with Crippen LogP contribution in [0.1, 0.15) is 11.1 Å². The van der Waals surface area contributed by atoms with Crippen molar-refractivity contribution < 1.29 is 17.9 Å². The lowest BCUT2D eigenvalue weighted by Crippen LogP contribution is -2.20. The third-order valence-electron chi connectivity index (χ3n) is 4.23. The van der Waals surface area contributed by atoms with Gasteiger partial charge in [0.15, 0.2) is 6.61 Å². The van der Waals surface area contributed by atoms with E-state index in [1.165, 1.54) is 24.3 Å². The standard InChI is InChI=1S/C22H22N2O4S/c1-16-7-9-18(10-8-16)24-29(26,27)20-13-11-19(12-14-20)28-15-22(25)23-21-6-4-3-5-17(21)2/h3-14,24H,15H2,1-2H3,(H,23,25). The predicted molar refractivity (Wildman–Crippen MR) is 114 cm³/mol. The quantitative estimate of drug-likeness (QED) is 0.614. The molecule has 0 saturated heterocycles.